The number of nitrogens with one attached hydrogen (secondary N) is 2. The fraction of sp³-hybridized carbons (Fsp3) is 0.522. The largest absolute Gasteiger partial charge is 0.405 e. The van der Waals surface area contributed by atoms with Crippen molar-refractivity contribution in [3.05, 3.63) is 30.0 Å². The Morgan fingerprint density at radius 1 is 1.24 bits per heavy atom. The first-order valence-corrected chi connectivity index (χ1v) is 14.6. The second-order valence-corrected chi connectivity index (χ2v) is 12.6. The van der Waals surface area contributed by atoms with Gasteiger partial charge in [-0.3, -0.25) is 0 Å². The maximum Gasteiger partial charge on any atom is 0.405 e. The lowest BCUT2D eigenvalue weighted by Crippen LogP contribution is -2.47. The minimum Gasteiger partial charge on any atom is -0.388 e. The number of sulfonamides is 1. The number of hydrogen-bond donors (Lipinski definition) is 4. The lowest BCUT2D eigenvalue weighted by atomic mass is 10.1. The topological polar surface area (TPSA) is 141 Å². The molecule has 1 aromatic carbocycles. The Hall–Kier alpha value is -2.59. The first kappa shape index (κ1) is 27.0. The number of rotatable bonds is 8. The number of alkyl halides is 3. The van der Waals surface area contributed by atoms with E-state index in [1.807, 2.05) is 24.3 Å². The van der Waals surface area contributed by atoms with Crippen molar-refractivity contribution >= 4 is 43.3 Å². The molecule has 206 valence electrons. The van der Waals surface area contributed by atoms with Crippen LogP contribution in [0.1, 0.15) is 19.0 Å². The molecule has 2 aromatic heterocycles. The Kier molecular flexibility index (Phi) is 6.58. The molecule has 3 aromatic rings. The third-order valence-electron chi connectivity index (χ3n) is 7.12. The zero-order valence-corrected chi connectivity index (χ0v) is 22.3. The molecule has 0 amide bonds. The molecule has 5 atom stereocenters. The van der Waals surface area contributed by atoms with E-state index in [2.05, 4.69) is 25.6 Å². The summed E-state index contributed by atoms with van der Waals surface area (Å²) >= 11 is 1.36. The molecule has 0 bridgehead atoms. The van der Waals surface area contributed by atoms with Gasteiger partial charge in [0.2, 0.25) is 16.0 Å². The second kappa shape index (κ2) is 9.26. The van der Waals surface area contributed by atoms with Crippen LogP contribution in [-0.4, -0.2) is 87.2 Å². The summed E-state index contributed by atoms with van der Waals surface area (Å²) in [5, 5.41) is 28.1. The number of aryl methyl sites for hydroxylation is 1. The lowest BCUT2D eigenvalue weighted by Gasteiger charge is -2.29. The molecular formula is C23H27F3N6O4S2. The number of hydrogen-bond acceptors (Lipinski definition) is 10. The predicted molar refractivity (Wildman–Crippen MR) is 137 cm³/mol. The van der Waals surface area contributed by atoms with Crippen molar-refractivity contribution in [1.82, 2.24) is 19.3 Å². The van der Waals surface area contributed by atoms with Crippen molar-refractivity contribution in [3.63, 3.8) is 0 Å². The molecule has 2 fully saturated rings. The van der Waals surface area contributed by atoms with Crippen LogP contribution in [0.25, 0.3) is 20.8 Å². The van der Waals surface area contributed by atoms with Gasteiger partial charge in [0.1, 0.15) is 29.1 Å². The van der Waals surface area contributed by atoms with Crippen LogP contribution in [0.15, 0.2) is 24.3 Å². The number of nitrogens with zero attached hydrogens (tertiary/aromatic N) is 4. The van der Waals surface area contributed by atoms with Gasteiger partial charge >= 0.3 is 6.18 Å². The van der Waals surface area contributed by atoms with Gasteiger partial charge in [0.05, 0.1) is 39.8 Å². The first-order chi connectivity index (χ1) is 17.7. The van der Waals surface area contributed by atoms with Gasteiger partial charge in [-0.25, -0.2) is 18.4 Å². The molecule has 5 unspecified atom stereocenters. The van der Waals surface area contributed by atoms with E-state index in [1.165, 1.54) is 15.6 Å². The number of fused-ring (bicyclic) bond motifs is 2. The standard InChI is InChI=1S/C23H27F3N6O4S2/c1-4-32(38(3,35)36)17-12-9-14(18(33)23(12,17)34)29-19-16(20-30-13-7-5-6-8-15(13)37-20)11(2)28-21(31-19)27-10-22(24,25)26/h5-8,12,14,17-18,33-34H,4,9-10H2,1-3H3,(H2,27,28,29,31). The number of aliphatic hydroxyl groups excluding tert-OH is 1. The maximum absolute atomic E-state index is 12.8. The molecule has 0 aliphatic heterocycles. The highest BCUT2D eigenvalue weighted by molar-refractivity contribution is 7.88. The van der Waals surface area contributed by atoms with Crippen molar-refractivity contribution in [3.8, 4) is 10.6 Å². The quantitative estimate of drug-likeness (QED) is 0.321. The van der Waals surface area contributed by atoms with Crippen molar-refractivity contribution in [2.45, 2.75) is 50.2 Å². The van der Waals surface area contributed by atoms with E-state index < -0.39 is 52.5 Å². The Balaban J connectivity index is 1.48. The zero-order valence-electron chi connectivity index (χ0n) is 20.7. The predicted octanol–water partition coefficient (Wildman–Crippen LogP) is 2.59. The van der Waals surface area contributed by atoms with E-state index in [1.54, 1.807) is 13.8 Å². The number of aromatic nitrogens is 3. The second-order valence-electron chi connectivity index (χ2n) is 9.65. The number of halogens is 3. The molecule has 15 heteroatoms. The summed E-state index contributed by atoms with van der Waals surface area (Å²) in [4.78, 5) is 13.1. The van der Waals surface area contributed by atoms with Crippen molar-refractivity contribution in [2.75, 3.05) is 30.0 Å². The lowest BCUT2D eigenvalue weighted by molar-refractivity contribution is -0.115. The van der Waals surface area contributed by atoms with Crippen molar-refractivity contribution in [1.29, 1.82) is 0 Å². The molecule has 0 spiro atoms. The Labute approximate surface area is 221 Å². The Morgan fingerprint density at radius 3 is 2.53 bits per heavy atom. The van der Waals surface area contributed by atoms with E-state index >= 15 is 0 Å². The van der Waals surface area contributed by atoms with Crippen LogP contribution >= 0.6 is 11.3 Å². The third-order valence-corrected chi connectivity index (χ3v) is 9.51. The van der Waals surface area contributed by atoms with Gasteiger partial charge in [0.15, 0.2) is 0 Å². The SMILES string of the molecule is CCN(C1C2CC(Nc3nc(NCC(F)(F)F)nc(C)c3-c3nc4ccccc4s3)C(O)C21O)S(C)(=O)=O. The molecule has 0 saturated heterocycles. The van der Waals surface area contributed by atoms with Crippen LogP contribution in [0.5, 0.6) is 0 Å². The highest BCUT2D eigenvalue weighted by Crippen LogP contribution is 2.59. The molecule has 10 nitrogen and oxygen atoms in total. The summed E-state index contributed by atoms with van der Waals surface area (Å²) in [7, 11) is -3.60. The summed E-state index contributed by atoms with van der Waals surface area (Å²) in [5.41, 5.74) is -0.0791. The van der Waals surface area contributed by atoms with E-state index in [0.717, 1.165) is 16.5 Å². The molecule has 5 rings (SSSR count). The fourth-order valence-electron chi connectivity index (χ4n) is 5.44. The van der Waals surface area contributed by atoms with Gasteiger partial charge in [-0.1, -0.05) is 19.1 Å². The first-order valence-electron chi connectivity index (χ1n) is 11.9. The van der Waals surface area contributed by atoms with Crippen LogP contribution in [0.2, 0.25) is 0 Å². The molecule has 2 saturated carbocycles. The molecular weight excluding hydrogens is 545 g/mol. The van der Waals surface area contributed by atoms with Crippen molar-refractivity contribution in [2.24, 2.45) is 5.92 Å². The normalized spacial score (nSPS) is 27.1. The van der Waals surface area contributed by atoms with E-state index in [0.29, 0.717) is 16.3 Å². The van der Waals surface area contributed by atoms with E-state index in [9.17, 15) is 31.8 Å². The molecule has 2 aliphatic rings. The average Bonchev–Trinajstić information content (AvgIpc) is 3.10. The minimum atomic E-state index is -4.48. The number of aliphatic hydroxyl groups is 2. The highest BCUT2D eigenvalue weighted by Gasteiger charge is 2.76. The van der Waals surface area contributed by atoms with Crippen LogP contribution < -0.4 is 10.6 Å². The number of likely N-dealkylation sites (N-methyl/N-ethyl adjacent to an activating group) is 1. The van der Waals surface area contributed by atoms with Crippen LogP contribution in [-0.2, 0) is 10.0 Å². The van der Waals surface area contributed by atoms with Gasteiger partial charge in [0, 0.05) is 12.5 Å². The number of benzene rings is 1. The molecule has 0 radical (unpaired) electrons. The van der Waals surface area contributed by atoms with Crippen LogP contribution in [0, 0.1) is 12.8 Å². The highest BCUT2D eigenvalue weighted by atomic mass is 32.2. The number of thiazole rings is 1. The van der Waals surface area contributed by atoms with Gasteiger partial charge in [0.25, 0.3) is 0 Å². The van der Waals surface area contributed by atoms with Crippen molar-refractivity contribution < 1.29 is 31.8 Å². The Bertz CT molecular complexity index is 1450. The number of anilines is 2. The minimum absolute atomic E-state index is 0.147. The monoisotopic (exact) mass is 572 g/mol. The summed E-state index contributed by atoms with van der Waals surface area (Å²) < 4.78 is 65.0. The molecule has 2 aliphatic carbocycles. The van der Waals surface area contributed by atoms with Gasteiger partial charge < -0.3 is 20.8 Å². The van der Waals surface area contributed by atoms with E-state index in [4.69, 9.17) is 0 Å². The van der Waals surface area contributed by atoms with Gasteiger partial charge in [-0.2, -0.15) is 22.5 Å². The summed E-state index contributed by atoms with van der Waals surface area (Å²) in [5.74, 6) is -0.612. The molecule has 38 heavy (non-hydrogen) atoms. The van der Waals surface area contributed by atoms with Gasteiger partial charge in [-0.05, 0) is 25.5 Å². The average molecular weight is 573 g/mol. The van der Waals surface area contributed by atoms with Gasteiger partial charge in [-0.15, -0.1) is 11.3 Å². The summed E-state index contributed by atoms with van der Waals surface area (Å²) in [6.45, 7) is 2.10. The Morgan fingerprint density at radius 2 is 1.95 bits per heavy atom. The smallest absolute Gasteiger partial charge is 0.388 e. The van der Waals surface area contributed by atoms with Crippen LogP contribution in [0.4, 0.5) is 24.9 Å². The number of para-hydroxylation sites is 1. The summed E-state index contributed by atoms with van der Waals surface area (Å²) in [6, 6.07) is 5.94. The molecule has 2 heterocycles. The third kappa shape index (κ3) is 4.70. The molecule has 4 N–H and O–H groups in total. The maximum atomic E-state index is 12.8. The summed E-state index contributed by atoms with van der Waals surface area (Å²) in [6.07, 6.45) is -4.55. The zero-order chi connectivity index (χ0) is 27.6. The van der Waals surface area contributed by atoms with Crippen LogP contribution in [0.3, 0.4) is 0 Å². The fourth-order valence-corrected chi connectivity index (χ4v) is 7.70. The van der Waals surface area contributed by atoms with E-state index in [-0.39, 0.29) is 24.7 Å².